The zero-order valence-electron chi connectivity index (χ0n) is 13.2. The Hall–Kier alpha value is -2.69. The highest BCUT2D eigenvalue weighted by Crippen LogP contribution is 2.28. The van der Waals surface area contributed by atoms with Crippen molar-refractivity contribution in [1.29, 1.82) is 0 Å². The second-order valence-electron chi connectivity index (χ2n) is 5.33. The third kappa shape index (κ3) is 4.44. The number of nitrogens with one attached hydrogen (secondary N) is 2. The van der Waals surface area contributed by atoms with Gasteiger partial charge < -0.3 is 5.32 Å². The van der Waals surface area contributed by atoms with Gasteiger partial charge in [-0.05, 0) is 48.1 Å². The van der Waals surface area contributed by atoms with Crippen LogP contribution in [0.4, 0.5) is 5.69 Å². The van der Waals surface area contributed by atoms with E-state index in [1.165, 1.54) is 0 Å². The average Bonchev–Trinajstić information content (AvgIpc) is 2.63. The Kier molecular flexibility index (Phi) is 5.43. The molecule has 0 aliphatic rings. The molecule has 5 heteroatoms. The van der Waals surface area contributed by atoms with E-state index in [-0.39, 0.29) is 11.0 Å². The molecule has 0 atom stereocenters. The lowest BCUT2D eigenvalue weighted by atomic mass is 10.0. The molecule has 0 saturated carbocycles. The van der Waals surface area contributed by atoms with Crippen LogP contribution in [0.5, 0.6) is 0 Å². The Morgan fingerprint density at radius 3 is 2.20 bits per heavy atom. The normalized spacial score (nSPS) is 10.1. The zero-order chi connectivity index (χ0) is 17.6. The predicted octanol–water partition coefficient (Wildman–Crippen LogP) is 5.13. The lowest BCUT2D eigenvalue weighted by molar-refractivity contribution is 0.0977. The largest absolute Gasteiger partial charge is 0.332 e. The maximum atomic E-state index is 12.2. The molecule has 0 aliphatic heterocycles. The molecule has 0 aliphatic carbocycles. The van der Waals surface area contributed by atoms with Crippen molar-refractivity contribution in [2.45, 2.75) is 0 Å². The summed E-state index contributed by atoms with van der Waals surface area (Å²) in [5, 5.41) is 6.71. The van der Waals surface area contributed by atoms with Crippen LogP contribution in [-0.4, -0.2) is 11.0 Å². The Balaban J connectivity index is 1.76. The standard InChI is InChI=1S/C20H15ClN2OS/c21-16-12-10-14(11-13-16)17-8-4-5-9-18(17)22-20(25)23-19(24)15-6-2-1-3-7-15/h1-13H,(H2,22,23,24,25). The first-order valence-electron chi connectivity index (χ1n) is 7.66. The molecule has 0 fully saturated rings. The third-order valence-corrected chi connectivity index (χ3v) is 4.05. The smallest absolute Gasteiger partial charge is 0.257 e. The summed E-state index contributed by atoms with van der Waals surface area (Å²) in [5.41, 5.74) is 3.33. The molecule has 0 spiro atoms. The highest BCUT2D eigenvalue weighted by atomic mass is 35.5. The van der Waals surface area contributed by atoms with E-state index in [1.807, 2.05) is 54.6 Å². The average molecular weight is 367 g/mol. The number of para-hydroxylation sites is 1. The van der Waals surface area contributed by atoms with Gasteiger partial charge in [-0.1, -0.05) is 60.1 Å². The van der Waals surface area contributed by atoms with Crippen LogP contribution >= 0.6 is 23.8 Å². The van der Waals surface area contributed by atoms with Gasteiger partial charge in [0, 0.05) is 21.8 Å². The van der Waals surface area contributed by atoms with Crippen molar-refractivity contribution in [2.75, 3.05) is 5.32 Å². The van der Waals surface area contributed by atoms with Gasteiger partial charge in [0.05, 0.1) is 0 Å². The van der Waals surface area contributed by atoms with Crippen LogP contribution in [0, 0.1) is 0 Å². The van der Waals surface area contributed by atoms with Gasteiger partial charge in [-0.25, -0.2) is 0 Å². The van der Waals surface area contributed by atoms with Crippen LogP contribution in [0.1, 0.15) is 10.4 Å². The molecule has 124 valence electrons. The number of carbonyl (C=O) groups is 1. The SMILES string of the molecule is O=C(NC(=S)Nc1ccccc1-c1ccc(Cl)cc1)c1ccccc1. The number of carbonyl (C=O) groups excluding carboxylic acids is 1. The predicted molar refractivity (Wildman–Crippen MR) is 107 cm³/mol. The van der Waals surface area contributed by atoms with Crippen LogP contribution in [-0.2, 0) is 0 Å². The van der Waals surface area contributed by atoms with Crippen molar-refractivity contribution in [3.63, 3.8) is 0 Å². The van der Waals surface area contributed by atoms with Crippen molar-refractivity contribution in [3.8, 4) is 11.1 Å². The Labute approximate surface area is 156 Å². The molecule has 0 saturated heterocycles. The number of halogens is 1. The minimum atomic E-state index is -0.248. The van der Waals surface area contributed by atoms with Crippen LogP contribution < -0.4 is 10.6 Å². The van der Waals surface area contributed by atoms with Gasteiger partial charge in [0.25, 0.3) is 5.91 Å². The quantitative estimate of drug-likeness (QED) is 0.631. The van der Waals surface area contributed by atoms with Crippen molar-refractivity contribution in [1.82, 2.24) is 5.32 Å². The first-order chi connectivity index (χ1) is 12.1. The summed E-state index contributed by atoms with van der Waals surface area (Å²) in [6.07, 6.45) is 0. The van der Waals surface area contributed by atoms with Crippen molar-refractivity contribution in [3.05, 3.63) is 89.4 Å². The van der Waals surface area contributed by atoms with E-state index in [0.717, 1.165) is 16.8 Å². The summed E-state index contributed by atoms with van der Waals surface area (Å²) < 4.78 is 0. The fourth-order valence-electron chi connectivity index (χ4n) is 2.39. The van der Waals surface area contributed by atoms with Gasteiger partial charge in [0.2, 0.25) is 0 Å². The molecule has 0 radical (unpaired) electrons. The second-order valence-corrected chi connectivity index (χ2v) is 6.17. The minimum absolute atomic E-state index is 0.246. The molecule has 3 nitrogen and oxygen atoms in total. The summed E-state index contributed by atoms with van der Waals surface area (Å²) in [6, 6.07) is 24.2. The third-order valence-electron chi connectivity index (χ3n) is 3.59. The van der Waals surface area contributed by atoms with Crippen LogP contribution in [0.2, 0.25) is 5.02 Å². The minimum Gasteiger partial charge on any atom is -0.332 e. The topological polar surface area (TPSA) is 41.1 Å². The van der Waals surface area contributed by atoms with E-state index < -0.39 is 0 Å². The molecule has 3 aromatic rings. The molecule has 0 aromatic heterocycles. The molecular formula is C20H15ClN2OS. The first kappa shape index (κ1) is 17.1. The number of thiocarbonyl (C=S) groups is 1. The van der Waals surface area contributed by atoms with E-state index in [9.17, 15) is 4.79 Å². The molecule has 3 aromatic carbocycles. The maximum Gasteiger partial charge on any atom is 0.257 e. The lowest BCUT2D eigenvalue weighted by Crippen LogP contribution is -2.34. The zero-order valence-corrected chi connectivity index (χ0v) is 14.8. The Bertz CT molecular complexity index is 895. The van der Waals surface area contributed by atoms with E-state index in [4.69, 9.17) is 23.8 Å². The molecule has 0 bridgehead atoms. The van der Waals surface area contributed by atoms with Crippen molar-refractivity contribution < 1.29 is 4.79 Å². The Morgan fingerprint density at radius 1 is 0.840 bits per heavy atom. The van der Waals surface area contributed by atoms with Gasteiger partial charge in [0.1, 0.15) is 0 Å². The first-order valence-corrected chi connectivity index (χ1v) is 8.44. The van der Waals surface area contributed by atoms with Crippen LogP contribution in [0.25, 0.3) is 11.1 Å². The summed E-state index contributed by atoms with van der Waals surface area (Å²) >= 11 is 11.2. The van der Waals surface area contributed by atoms with Crippen molar-refractivity contribution >= 4 is 40.5 Å². The van der Waals surface area contributed by atoms with E-state index >= 15 is 0 Å². The highest BCUT2D eigenvalue weighted by molar-refractivity contribution is 7.80. The number of benzene rings is 3. The van der Waals surface area contributed by atoms with Gasteiger partial charge in [0.15, 0.2) is 5.11 Å². The maximum absolute atomic E-state index is 12.2. The molecule has 0 heterocycles. The fourth-order valence-corrected chi connectivity index (χ4v) is 2.72. The van der Waals surface area contributed by atoms with Crippen LogP contribution in [0.15, 0.2) is 78.9 Å². The van der Waals surface area contributed by atoms with Gasteiger partial charge in [-0.2, -0.15) is 0 Å². The van der Waals surface area contributed by atoms with Gasteiger partial charge >= 0.3 is 0 Å². The van der Waals surface area contributed by atoms with Gasteiger partial charge in [-0.3, -0.25) is 10.1 Å². The Morgan fingerprint density at radius 2 is 1.48 bits per heavy atom. The fraction of sp³-hybridized carbons (Fsp3) is 0. The second kappa shape index (κ2) is 7.92. The van der Waals surface area contributed by atoms with E-state index in [1.54, 1.807) is 24.3 Å². The molecule has 25 heavy (non-hydrogen) atoms. The molecule has 1 amide bonds. The van der Waals surface area contributed by atoms with Crippen LogP contribution in [0.3, 0.4) is 0 Å². The summed E-state index contributed by atoms with van der Waals surface area (Å²) in [4.78, 5) is 12.2. The van der Waals surface area contributed by atoms with Crippen molar-refractivity contribution in [2.24, 2.45) is 0 Å². The molecular weight excluding hydrogens is 352 g/mol. The summed E-state index contributed by atoms with van der Waals surface area (Å²) in [5.74, 6) is -0.248. The molecule has 3 rings (SSSR count). The monoisotopic (exact) mass is 366 g/mol. The number of rotatable bonds is 3. The van der Waals surface area contributed by atoms with E-state index in [0.29, 0.717) is 10.6 Å². The summed E-state index contributed by atoms with van der Waals surface area (Å²) in [6.45, 7) is 0. The van der Waals surface area contributed by atoms with Gasteiger partial charge in [-0.15, -0.1) is 0 Å². The van der Waals surface area contributed by atoms with E-state index in [2.05, 4.69) is 10.6 Å². The highest BCUT2D eigenvalue weighted by Gasteiger charge is 2.10. The molecule has 2 N–H and O–H groups in total. The number of hydrogen-bond acceptors (Lipinski definition) is 2. The molecule has 0 unspecified atom stereocenters. The summed E-state index contributed by atoms with van der Waals surface area (Å²) in [7, 11) is 0. The number of amides is 1. The number of hydrogen-bond donors (Lipinski definition) is 2. The lowest BCUT2D eigenvalue weighted by Gasteiger charge is -2.14. The number of anilines is 1.